The molecule has 1 aliphatic rings. The van der Waals surface area contributed by atoms with Gasteiger partial charge < -0.3 is 10.1 Å². The summed E-state index contributed by atoms with van der Waals surface area (Å²) in [4.78, 5) is 0. The van der Waals surface area contributed by atoms with E-state index in [2.05, 4.69) is 35.6 Å². The molecule has 2 heteroatoms. The van der Waals surface area contributed by atoms with Gasteiger partial charge in [-0.2, -0.15) is 0 Å². The Labute approximate surface area is 104 Å². The molecule has 0 bridgehead atoms. The first-order valence-electron chi connectivity index (χ1n) is 6.69. The van der Waals surface area contributed by atoms with E-state index in [1.165, 1.54) is 31.2 Å². The molecule has 0 aromatic heterocycles. The largest absolute Gasteiger partial charge is 0.383 e. The second kappa shape index (κ2) is 6.77. The van der Waals surface area contributed by atoms with Crippen molar-refractivity contribution < 1.29 is 4.74 Å². The molecule has 0 amide bonds. The fraction of sp³-hybridized carbons (Fsp3) is 0.600. The maximum Gasteiger partial charge on any atom is 0.0587 e. The van der Waals surface area contributed by atoms with Crippen LogP contribution in [0.5, 0.6) is 0 Å². The molecule has 2 unspecified atom stereocenters. The van der Waals surface area contributed by atoms with E-state index in [0.29, 0.717) is 12.0 Å². The molecule has 0 spiro atoms. The zero-order chi connectivity index (χ0) is 11.9. The summed E-state index contributed by atoms with van der Waals surface area (Å²) in [5.74, 6) is 0.682. The third-order valence-corrected chi connectivity index (χ3v) is 3.71. The third kappa shape index (κ3) is 3.55. The molecule has 0 heterocycles. The van der Waals surface area contributed by atoms with E-state index in [1.807, 2.05) is 0 Å². The van der Waals surface area contributed by atoms with Gasteiger partial charge in [0.15, 0.2) is 0 Å². The van der Waals surface area contributed by atoms with Crippen LogP contribution in [-0.2, 0) is 4.74 Å². The zero-order valence-electron chi connectivity index (χ0n) is 10.7. The minimum Gasteiger partial charge on any atom is -0.383 e. The van der Waals surface area contributed by atoms with Crippen LogP contribution in [0.1, 0.15) is 37.2 Å². The first-order valence-corrected chi connectivity index (χ1v) is 6.69. The van der Waals surface area contributed by atoms with Crippen molar-refractivity contribution in [1.29, 1.82) is 0 Å². The van der Waals surface area contributed by atoms with Crippen LogP contribution >= 0.6 is 0 Å². The minimum atomic E-state index is 0.626. The number of ether oxygens (including phenoxy) is 1. The highest BCUT2D eigenvalue weighted by Crippen LogP contribution is 2.32. The van der Waals surface area contributed by atoms with E-state index in [0.717, 1.165) is 13.2 Å². The minimum absolute atomic E-state index is 0.626. The predicted octanol–water partition coefficient (Wildman–Crippen LogP) is 2.95. The summed E-state index contributed by atoms with van der Waals surface area (Å²) in [7, 11) is 1.76. The van der Waals surface area contributed by atoms with Gasteiger partial charge in [0.05, 0.1) is 6.61 Å². The second-order valence-electron chi connectivity index (χ2n) is 4.86. The first-order chi connectivity index (χ1) is 8.42. The van der Waals surface area contributed by atoms with Crippen molar-refractivity contribution in [2.24, 2.45) is 0 Å². The molecule has 1 aromatic carbocycles. The van der Waals surface area contributed by atoms with Gasteiger partial charge in [0.25, 0.3) is 0 Å². The Hall–Kier alpha value is -0.860. The topological polar surface area (TPSA) is 21.3 Å². The van der Waals surface area contributed by atoms with E-state index in [4.69, 9.17) is 4.74 Å². The Balaban J connectivity index is 1.97. The summed E-state index contributed by atoms with van der Waals surface area (Å²) in [6.07, 6.45) is 5.33. The fourth-order valence-electron chi connectivity index (χ4n) is 2.82. The molecule has 2 atom stereocenters. The van der Waals surface area contributed by atoms with Crippen LogP contribution in [0.4, 0.5) is 0 Å². The lowest BCUT2D eigenvalue weighted by atomic mass is 9.80. The lowest BCUT2D eigenvalue weighted by Crippen LogP contribution is -2.38. The van der Waals surface area contributed by atoms with Gasteiger partial charge in [0, 0.05) is 19.7 Å². The maximum absolute atomic E-state index is 5.11. The molecular weight excluding hydrogens is 210 g/mol. The highest BCUT2D eigenvalue weighted by atomic mass is 16.5. The number of rotatable bonds is 5. The molecule has 1 aliphatic carbocycles. The van der Waals surface area contributed by atoms with Crippen LogP contribution in [0, 0.1) is 0 Å². The Morgan fingerprint density at radius 3 is 2.71 bits per heavy atom. The number of benzene rings is 1. The van der Waals surface area contributed by atoms with Gasteiger partial charge in [-0.05, 0) is 24.3 Å². The molecule has 94 valence electrons. The van der Waals surface area contributed by atoms with Crippen LogP contribution in [-0.4, -0.2) is 26.3 Å². The van der Waals surface area contributed by atoms with Crippen molar-refractivity contribution >= 4 is 0 Å². The predicted molar refractivity (Wildman–Crippen MR) is 71.3 cm³/mol. The van der Waals surface area contributed by atoms with E-state index in [1.54, 1.807) is 7.11 Å². The average molecular weight is 233 g/mol. The normalized spacial score (nSPS) is 24.8. The monoisotopic (exact) mass is 233 g/mol. The SMILES string of the molecule is COCCNC1CCCCC1c1ccccc1. The van der Waals surface area contributed by atoms with E-state index < -0.39 is 0 Å². The molecular formula is C15H23NO. The quantitative estimate of drug-likeness (QED) is 0.790. The average Bonchev–Trinajstić information content (AvgIpc) is 2.41. The van der Waals surface area contributed by atoms with Crippen LogP contribution < -0.4 is 5.32 Å². The van der Waals surface area contributed by atoms with Gasteiger partial charge in [0.1, 0.15) is 0 Å². The van der Waals surface area contributed by atoms with Gasteiger partial charge in [-0.3, -0.25) is 0 Å². The van der Waals surface area contributed by atoms with E-state index in [9.17, 15) is 0 Å². The second-order valence-corrected chi connectivity index (χ2v) is 4.86. The lowest BCUT2D eigenvalue weighted by Gasteiger charge is -2.32. The zero-order valence-corrected chi connectivity index (χ0v) is 10.7. The molecule has 0 radical (unpaired) electrons. The number of nitrogens with one attached hydrogen (secondary N) is 1. The van der Waals surface area contributed by atoms with Crippen molar-refractivity contribution in [1.82, 2.24) is 5.32 Å². The lowest BCUT2D eigenvalue weighted by molar-refractivity contribution is 0.189. The summed E-state index contributed by atoms with van der Waals surface area (Å²) in [5.41, 5.74) is 1.49. The molecule has 1 fully saturated rings. The van der Waals surface area contributed by atoms with Crippen LogP contribution in [0.2, 0.25) is 0 Å². The summed E-state index contributed by atoms with van der Waals surface area (Å²) in [6.45, 7) is 1.77. The molecule has 2 rings (SSSR count). The van der Waals surface area contributed by atoms with Crippen molar-refractivity contribution in [2.45, 2.75) is 37.6 Å². The standard InChI is InChI=1S/C15H23NO/c1-17-12-11-16-15-10-6-5-9-14(15)13-7-3-2-4-8-13/h2-4,7-8,14-16H,5-6,9-12H2,1H3. The van der Waals surface area contributed by atoms with Crippen molar-refractivity contribution in [3.8, 4) is 0 Å². The third-order valence-electron chi connectivity index (χ3n) is 3.71. The van der Waals surface area contributed by atoms with Crippen molar-refractivity contribution in [3.63, 3.8) is 0 Å². The van der Waals surface area contributed by atoms with E-state index in [-0.39, 0.29) is 0 Å². The highest BCUT2D eigenvalue weighted by Gasteiger charge is 2.25. The molecule has 0 saturated heterocycles. The van der Waals surface area contributed by atoms with E-state index >= 15 is 0 Å². The Morgan fingerprint density at radius 1 is 1.18 bits per heavy atom. The Bertz CT molecular complexity index is 312. The highest BCUT2D eigenvalue weighted by molar-refractivity contribution is 5.21. The summed E-state index contributed by atoms with van der Waals surface area (Å²) < 4.78 is 5.11. The molecule has 1 aromatic rings. The Kier molecular flexibility index (Phi) is 5.02. The van der Waals surface area contributed by atoms with Crippen LogP contribution in [0.15, 0.2) is 30.3 Å². The van der Waals surface area contributed by atoms with Gasteiger partial charge in [0.2, 0.25) is 0 Å². The Morgan fingerprint density at radius 2 is 1.94 bits per heavy atom. The van der Waals surface area contributed by atoms with Gasteiger partial charge in [-0.15, -0.1) is 0 Å². The van der Waals surface area contributed by atoms with Crippen molar-refractivity contribution in [2.75, 3.05) is 20.3 Å². The smallest absolute Gasteiger partial charge is 0.0587 e. The molecule has 17 heavy (non-hydrogen) atoms. The summed E-state index contributed by atoms with van der Waals surface area (Å²) >= 11 is 0. The van der Waals surface area contributed by atoms with Crippen LogP contribution in [0.25, 0.3) is 0 Å². The molecule has 2 nitrogen and oxygen atoms in total. The van der Waals surface area contributed by atoms with Gasteiger partial charge in [-0.25, -0.2) is 0 Å². The van der Waals surface area contributed by atoms with Gasteiger partial charge >= 0.3 is 0 Å². The number of hydrogen-bond acceptors (Lipinski definition) is 2. The van der Waals surface area contributed by atoms with Crippen LogP contribution in [0.3, 0.4) is 0 Å². The maximum atomic E-state index is 5.11. The first kappa shape index (κ1) is 12.6. The summed E-state index contributed by atoms with van der Waals surface area (Å²) in [6, 6.07) is 11.6. The molecule has 1 N–H and O–H groups in total. The molecule has 0 aliphatic heterocycles. The number of hydrogen-bond donors (Lipinski definition) is 1. The molecule has 1 saturated carbocycles. The number of methoxy groups -OCH3 is 1. The fourth-order valence-corrected chi connectivity index (χ4v) is 2.82. The van der Waals surface area contributed by atoms with Gasteiger partial charge in [-0.1, -0.05) is 43.2 Å². The van der Waals surface area contributed by atoms with Crippen molar-refractivity contribution in [3.05, 3.63) is 35.9 Å². The summed E-state index contributed by atoms with van der Waals surface area (Å²) in [5, 5.41) is 3.65.